The number of rotatable bonds is 6. The standard InChI is InChI=1S/C25H22FN3O4/c1-28-22-11-8-18(23(30)27-14-17-4-3-5-20(12-17)33-2)13-21(22)24(31)29(25(28)32)15-16-6-9-19(26)10-7-16/h3-13H,14-15H2,1-2H3,(H,27,30). The molecule has 0 spiro atoms. The number of ether oxygens (including phenoxy) is 1. The smallest absolute Gasteiger partial charge is 0.331 e. The third-order valence-electron chi connectivity index (χ3n) is 5.45. The lowest BCUT2D eigenvalue weighted by molar-refractivity contribution is 0.0951. The van der Waals surface area contributed by atoms with Crippen molar-refractivity contribution in [3.63, 3.8) is 0 Å². The molecule has 0 radical (unpaired) electrons. The van der Waals surface area contributed by atoms with Crippen LogP contribution >= 0.6 is 0 Å². The summed E-state index contributed by atoms with van der Waals surface area (Å²) in [6, 6.07) is 17.6. The molecule has 168 valence electrons. The zero-order chi connectivity index (χ0) is 23.5. The molecule has 8 heteroatoms. The summed E-state index contributed by atoms with van der Waals surface area (Å²) < 4.78 is 20.8. The lowest BCUT2D eigenvalue weighted by Crippen LogP contribution is -2.39. The Morgan fingerprint density at radius 3 is 2.48 bits per heavy atom. The molecular formula is C25H22FN3O4. The summed E-state index contributed by atoms with van der Waals surface area (Å²) in [5.41, 5.74) is 1.20. The topological polar surface area (TPSA) is 82.3 Å². The molecule has 0 unspecified atom stereocenters. The van der Waals surface area contributed by atoms with Gasteiger partial charge < -0.3 is 10.1 Å². The third kappa shape index (κ3) is 4.55. The van der Waals surface area contributed by atoms with Crippen molar-refractivity contribution < 1.29 is 13.9 Å². The highest BCUT2D eigenvalue weighted by molar-refractivity contribution is 5.97. The van der Waals surface area contributed by atoms with Crippen molar-refractivity contribution in [1.29, 1.82) is 0 Å². The van der Waals surface area contributed by atoms with E-state index in [9.17, 15) is 18.8 Å². The maximum atomic E-state index is 13.2. The van der Waals surface area contributed by atoms with Crippen LogP contribution in [0.4, 0.5) is 4.39 Å². The maximum absolute atomic E-state index is 13.2. The van der Waals surface area contributed by atoms with E-state index in [0.29, 0.717) is 22.4 Å². The van der Waals surface area contributed by atoms with Crippen LogP contribution in [-0.4, -0.2) is 22.2 Å². The number of hydrogen-bond acceptors (Lipinski definition) is 4. The van der Waals surface area contributed by atoms with Gasteiger partial charge >= 0.3 is 5.69 Å². The van der Waals surface area contributed by atoms with E-state index in [2.05, 4.69) is 5.32 Å². The molecule has 4 aromatic rings. The first-order valence-electron chi connectivity index (χ1n) is 10.3. The maximum Gasteiger partial charge on any atom is 0.331 e. The van der Waals surface area contributed by atoms with E-state index in [1.165, 1.54) is 34.9 Å². The van der Waals surface area contributed by atoms with Gasteiger partial charge in [-0.3, -0.25) is 18.7 Å². The molecule has 0 aliphatic carbocycles. The Labute approximate surface area is 188 Å². The van der Waals surface area contributed by atoms with Gasteiger partial charge in [0, 0.05) is 19.2 Å². The third-order valence-corrected chi connectivity index (χ3v) is 5.45. The van der Waals surface area contributed by atoms with Gasteiger partial charge in [0.05, 0.1) is 24.6 Å². The second kappa shape index (κ2) is 9.12. The lowest BCUT2D eigenvalue weighted by Gasteiger charge is -2.12. The van der Waals surface area contributed by atoms with Gasteiger partial charge in [-0.2, -0.15) is 0 Å². The number of hydrogen-bond donors (Lipinski definition) is 1. The van der Waals surface area contributed by atoms with Gasteiger partial charge in [-0.05, 0) is 53.6 Å². The highest BCUT2D eigenvalue weighted by Crippen LogP contribution is 2.14. The molecule has 0 saturated heterocycles. The molecule has 0 fully saturated rings. The van der Waals surface area contributed by atoms with Crippen LogP contribution in [0.3, 0.4) is 0 Å². The molecule has 1 N–H and O–H groups in total. The minimum Gasteiger partial charge on any atom is -0.497 e. The highest BCUT2D eigenvalue weighted by Gasteiger charge is 2.14. The fourth-order valence-electron chi connectivity index (χ4n) is 3.64. The molecule has 3 aromatic carbocycles. The van der Waals surface area contributed by atoms with Crippen molar-refractivity contribution in [1.82, 2.24) is 14.5 Å². The fourth-order valence-corrected chi connectivity index (χ4v) is 3.64. The first-order chi connectivity index (χ1) is 15.9. The van der Waals surface area contributed by atoms with Gasteiger partial charge in [-0.15, -0.1) is 0 Å². The number of amides is 1. The summed E-state index contributed by atoms with van der Waals surface area (Å²) >= 11 is 0. The number of methoxy groups -OCH3 is 1. The van der Waals surface area contributed by atoms with E-state index >= 15 is 0 Å². The Bertz CT molecular complexity index is 1460. The van der Waals surface area contributed by atoms with Crippen LogP contribution in [0.15, 0.2) is 76.3 Å². The number of carbonyl (C=O) groups excluding carboxylic acids is 1. The van der Waals surface area contributed by atoms with E-state index < -0.39 is 17.1 Å². The number of nitrogens with one attached hydrogen (secondary N) is 1. The average Bonchev–Trinajstić information content (AvgIpc) is 2.84. The number of benzene rings is 3. The number of aromatic nitrogens is 2. The fraction of sp³-hybridized carbons (Fsp3) is 0.160. The summed E-state index contributed by atoms with van der Waals surface area (Å²) in [4.78, 5) is 38.6. The minimum atomic E-state index is -0.514. The van der Waals surface area contributed by atoms with Crippen LogP contribution in [0.1, 0.15) is 21.5 Å². The number of nitrogens with zero attached hydrogens (tertiary/aromatic N) is 2. The van der Waals surface area contributed by atoms with Crippen LogP contribution in [0.25, 0.3) is 10.9 Å². The number of fused-ring (bicyclic) bond motifs is 1. The van der Waals surface area contributed by atoms with Crippen LogP contribution in [0.2, 0.25) is 0 Å². The van der Waals surface area contributed by atoms with Gasteiger partial charge in [0.1, 0.15) is 11.6 Å². The summed E-state index contributed by atoms with van der Waals surface area (Å²) in [5.74, 6) is -0.0600. The lowest BCUT2D eigenvalue weighted by atomic mass is 10.1. The first-order valence-corrected chi connectivity index (χ1v) is 10.3. The molecule has 0 saturated carbocycles. The van der Waals surface area contributed by atoms with Crippen LogP contribution in [0.5, 0.6) is 5.75 Å². The predicted octanol–water partition coefficient (Wildman–Crippen LogP) is 2.83. The number of halogens is 1. The van der Waals surface area contributed by atoms with Gasteiger partial charge in [-0.25, -0.2) is 9.18 Å². The summed E-state index contributed by atoms with van der Waals surface area (Å²) in [6.07, 6.45) is 0. The second-order valence-corrected chi connectivity index (χ2v) is 7.63. The zero-order valence-corrected chi connectivity index (χ0v) is 18.2. The van der Waals surface area contributed by atoms with Gasteiger partial charge in [0.15, 0.2) is 0 Å². The Hall–Kier alpha value is -4.20. The van der Waals surface area contributed by atoms with E-state index in [4.69, 9.17) is 4.74 Å². The summed E-state index contributed by atoms with van der Waals surface area (Å²) in [6.45, 7) is 0.282. The van der Waals surface area contributed by atoms with Crippen molar-refractivity contribution in [2.45, 2.75) is 13.1 Å². The second-order valence-electron chi connectivity index (χ2n) is 7.63. The predicted molar refractivity (Wildman–Crippen MR) is 123 cm³/mol. The number of aryl methyl sites for hydroxylation is 1. The van der Waals surface area contributed by atoms with E-state index in [0.717, 1.165) is 10.1 Å². The van der Waals surface area contributed by atoms with Gasteiger partial charge in [0.25, 0.3) is 11.5 Å². The van der Waals surface area contributed by atoms with Gasteiger partial charge in [0.2, 0.25) is 0 Å². The average molecular weight is 447 g/mol. The molecular weight excluding hydrogens is 425 g/mol. The van der Waals surface area contributed by atoms with Crippen LogP contribution < -0.4 is 21.3 Å². The van der Waals surface area contributed by atoms with E-state index in [-0.39, 0.29) is 24.4 Å². The highest BCUT2D eigenvalue weighted by atomic mass is 19.1. The molecule has 1 heterocycles. The molecule has 0 aliphatic heterocycles. The van der Waals surface area contributed by atoms with Crippen molar-refractivity contribution in [2.24, 2.45) is 7.05 Å². The molecule has 1 amide bonds. The summed E-state index contributed by atoms with van der Waals surface area (Å²) in [5, 5.41) is 3.07. The Kier molecular flexibility index (Phi) is 6.08. The van der Waals surface area contributed by atoms with Crippen molar-refractivity contribution >= 4 is 16.8 Å². The van der Waals surface area contributed by atoms with Crippen molar-refractivity contribution in [3.8, 4) is 5.75 Å². The summed E-state index contributed by atoms with van der Waals surface area (Å²) in [7, 11) is 3.14. The van der Waals surface area contributed by atoms with Crippen LogP contribution in [0, 0.1) is 5.82 Å². The molecule has 0 atom stereocenters. The molecule has 0 bridgehead atoms. The quantitative estimate of drug-likeness (QED) is 0.493. The Balaban J connectivity index is 1.65. The number of carbonyl (C=O) groups is 1. The van der Waals surface area contributed by atoms with Gasteiger partial charge in [-0.1, -0.05) is 24.3 Å². The van der Waals surface area contributed by atoms with Crippen LogP contribution in [-0.2, 0) is 20.1 Å². The molecule has 4 rings (SSSR count). The molecule has 1 aromatic heterocycles. The molecule has 7 nitrogen and oxygen atoms in total. The van der Waals surface area contributed by atoms with E-state index in [1.807, 2.05) is 24.3 Å². The molecule has 33 heavy (non-hydrogen) atoms. The minimum absolute atomic E-state index is 0.00596. The Morgan fingerprint density at radius 2 is 1.76 bits per heavy atom. The SMILES string of the molecule is COc1cccc(CNC(=O)c2ccc3c(c2)c(=O)n(Cc2ccc(F)cc2)c(=O)n3C)c1. The largest absolute Gasteiger partial charge is 0.497 e. The van der Waals surface area contributed by atoms with Crippen molar-refractivity contribution in [3.05, 3.63) is 110 Å². The first kappa shape index (κ1) is 22.0. The zero-order valence-electron chi connectivity index (χ0n) is 18.2. The Morgan fingerprint density at radius 1 is 1.00 bits per heavy atom. The normalized spacial score (nSPS) is 10.9. The monoisotopic (exact) mass is 447 g/mol. The van der Waals surface area contributed by atoms with Crippen molar-refractivity contribution in [2.75, 3.05) is 7.11 Å². The van der Waals surface area contributed by atoms with E-state index in [1.54, 1.807) is 26.3 Å². The molecule has 0 aliphatic rings.